The van der Waals surface area contributed by atoms with Crippen LogP contribution in [0.3, 0.4) is 0 Å². The molecule has 0 aliphatic heterocycles. The van der Waals surface area contributed by atoms with Crippen molar-refractivity contribution in [2.75, 3.05) is 59.7 Å². The molecule has 0 bridgehead atoms. The molecular weight excluding hydrogens is 1560 g/mol. The van der Waals surface area contributed by atoms with Gasteiger partial charge in [-0.25, -0.2) is 0 Å². The molecule has 2 aliphatic rings. The van der Waals surface area contributed by atoms with Crippen LogP contribution in [0.25, 0.3) is 5.32 Å². The largest absolute Gasteiger partial charge is 4.00 e. The second-order valence-corrected chi connectivity index (χ2v) is 26.1. The van der Waals surface area contributed by atoms with Crippen LogP contribution in [0.2, 0.25) is 0 Å². The number of rotatable bonds is 14. The molecule has 2 aliphatic carbocycles. The Morgan fingerprint density at radius 3 is 0.881 bits per heavy atom. The molecule has 0 radical (unpaired) electrons. The Kier molecular flexibility index (Phi) is 49.5. The molecule has 0 atom stereocenters. The zero-order valence-electron chi connectivity index (χ0n) is 63.4. The molecule has 11 rings (SSSR count). The van der Waals surface area contributed by atoms with E-state index in [1.165, 1.54) is 63.6 Å². The molecule has 9 aromatic carbocycles. The minimum atomic E-state index is 0. The van der Waals surface area contributed by atoms with Crippen LogP contribution in [0.1, 0.15) is 182 Å². The molecule has 9 aromatic rings. The van der Waals surface area contributed by atoms with Gasteiger partial charge in [-0.1, -0.05) is 158 Å². The van der Waals surface area contributed by atoms with Gasteiger partial charge < -0.3 is 20.4 Å². The Morgan fingerprint density at radius 1 is 0.366 bits per heavy atom. The van der Waals surface area contributed by atoms with Crippen molar-refractivity contribution in [2.45, 2.75) is 118 Å². The van der Waals surface area contributed by atoms with Crippen molar-refractivity contribution in [1.82, 2.24) is 9.80 Å². The number of nitrogens with one attached hydrogen (secondary N) is 1. The maximum absolute atomic E-state index is 5.16. The summed E-state index contributed by atoms with van der Waals surface area (Å²) in [4.78, 5) is 14.1. The predicted molar refractivity (Wildman–Crippen MR) is 442 cm³/mol. The van der Waals surface area contributed by atoms with Gasteiger partial charge in [0.1, 0.15) is 0 Å². The Bertz CT molecular complexity index is 3100. The third-order valence-electron chi connectivity index (χ3n) is 15.3. The summed E-state index contributed by atoms with van der Waals surface area (Å²) in [6, 6.07) is 82.4. The summed E-state index contributed by atoms with van der Waals surface area (Å²) in [5.74, 6) is 1.94. The third-order valence-corrected chi connectivity index (χ3v) is 15.3. The zero-order chi connectivity index (χ0) is 72.6. The number of benzene rings is 9. The molecule has 101 heavy (non-hydrogen) atoms. The SMILES string of the molecule is CC(C)c1cccc(C(C)C)c1NC1=CCCCC1=NCCN(C)C.CC(C)c1cccc(C(C)C)c1[N-]C1=CCCCC1=NCCN(C)C.[CH2-]c1ccccc1.[CH2-]c1ccccc1.[CH2-]c1ccccc1.[CH2-]c1ccccc1.[CH2-]c1ccccc1.[CH2-]c1ccccc1.[CH2-]c1ccccc1.[HH].[HH].[Hf+4].[Hf]. The molecule has 0 amide bonds. The molecule has 6 nitrogen and oxygen atoms in total. The van der Waals surface area contributed by atoms with E-state index in [-0.39, 0.29) is 54.5 Å². The average Bonchev–Trinajstić information content (AvgIpc) is 0.817. The van der Waals surface area contributed by atoms with Crippen molar-refractivity contribution in [1.29, 1.82) is 0 Å². The topological polar surface area (TPSA) is 57.3 Å². The van der Waals surface area contributed by atoms with Crippen molar-refractivity contribution in [3.8, 4) is 0 Å². The van der Waals surface area contributed by atoms with Gasteiger partial charge in [-0.05, 0) is 102 Å². The number of allylic oxidation sites excluding steroid dienone is 4. The second-order valence-electron chi connectivity index (χ2n) is 26.1. The van der Waals surface area contributed by atoms with Crippen LogP contribution in [0.4, 0.5) is 11.4 Å². The van der Waals surface area contributed by atoms with Crippen molar-refractivity contribution >= 4 is 22.8 Å². The Balaban J connectivity index is 0. The van der Waals surface area contributed by atoms with E-state index in [0.717, 1.165) is 96.5 Å². The fourth-order valence-corrected chi connectivity index (χ4v) is 9.79. The molecule has 536 valence electrons. The Labute approximate surface area is 656 Å². The Morgan fingerprint density at radius 2 is 0.624 bits per heavy atom. The molecule has 0 aromatic heterocycles. The molecule has 0 spiro atoms. The first-order chi connectivity index (χ1) is 47.6. The van der Waals surface area contributed by atoms with Crippen molar-refractivity contribution < 1.29 is 54.5 Å². The van der Waals surface area contributed by atoms with Gasteiger partial charge in [-0.15, -0.1) is 96.3 Å². The predicted octanol–water partition coefficient (Wildman–Crippen LogP) is 25.0. The van der Waals surface area contributed by atoms with E-state index in [9.17, 15) is 0 Å². The van der Waals surface area contributed by atoms with Crippen LogP contribution in [0.5, 0.6) is 0 Å². The summed E-state index contributed by atoms with van der Waals surface area (Å²) in [6.45, 7) is 47.8. The van der Waals surface area contributed by atoms with Crippen molar-refractivity contribution in [3.63, 3.8) is 0 Å². The zero-order valence-corrected chi connectivity index (χ0v) is 70.6. The maximum Gasteiger partial charge on any atom is 4.00 e. The molecule has 8 heteroatoms. The standard InChI is InChI=1S/C22H35N3.C22H34N3.7C7H7.2Hf.2H2/c2*1-16(2)18-10-9-11-19(17(3)4)22(18)24-21-13-8-7-12-20(21)23-14-15-25(5)6;7*1-7-5-3-2-4-6-7;;;;/h9-11,13,16-17,24H,7-8,12,14-15H2,1-6H3;9-11,13,16-17H,7-8,12,14-15H2,1-6H3;7*2-6H,1H2;;;2*1H/q;8*-1;;+4;;. The van der Waals surface area contributed by atoms with Crippen LogP contribution in [0, 0.1) is 48.5 Å². The molecule has 0 unspecified atom stereocenters. The van der Waals surface area contributed by atoms with E-state index in [4.69, 9.17) is 15.3 Å². The number of hydrogen-bond donors (Lipinski definition) is 1. The number of para-hydroxylation sites is 2. The number of anilines is 1. The first-order valence-corrected chi connectivity index (χ1v) is 35.2. The summed E-state index contributed by atoms with van der Waals surface area (Å²) in [7, 11) is 8.39. The van der Waals surface area contributed by atoms with Crippen molar-refractivity contribution in [2.24, 2.45) is 9.98 Å². The molecule has 0 fully saturated rings. The molecule has 0 saturated carbocycles. The van der Waals surface area contributed by atoms with Gasteiger partial charge in [-0.3, -0.25) is 9.98 Å². The van der Waals surface area contributed by atoms with Crippen LogP contribution in [-0.4, -0.2) is 75.6 Å². The van der Waals surface area contributed by atoms with Gasteiger partial charge in [0.2, 0.25) is 0 Å². The van der Waals surface area contributed by atoms with E-state index < -0.39 is 0 Å². The van der Waals surface area contributed by atoms with Crippen LogP contribution < -0.4 is 5.32 Å². The molecule has 0 heterocycles. The quantitative estimate of drug-likeness (QED) is 0.0872. The van der Waals surface area contributed by atoms with E-state index in [1.54, 1.807) is 0 Å². The first-order valence-electron chi connectivity index (χ1n) is 35.2. The minimum absolute atomic E-state index is 0. The number of nitrogens with zero attached hydrogens (tertiary/aromatic N) is 5. The Hall–Kier alpha value is -7.85. The summed E-state index contributed by atoms with van der Waals surface area (Å²) in [5, 5.41) is 8.94. The van der Waals surface area contributed by atoms with E-state index >= 15 is 0 Å². The molecule has 0 saturated heterocycles. The van der Waals surface area contributed by atoms with Crippen molar-refractivity contribution in [3.05, 3.63) is 387 Å². The maximum atomic E-state index is 5.16. The molecule has 1 N–H and O–H groups in total. The first kappa shape index (κ1) is 91.2. The number of hydrogen-bond acceptors (Lipinski definition) is 5. The monoisotopic (exact) mass is 1680 g/mol. The van der Waals surface area contributed by atoms with Crippen LogP contribution in [-0.2, 0) is 51.7 Å². The minimum Gasteiger partial charge on any atom is -0.656 e. The van der Waals surface area contributed by atoms with Gasteiger partial charge in [0.15, 0.2) is 0 Å². The average molecular weight is 1680 g/mol. The fourth-order valence-electron chi connectivity index (χ4n) is 9.79. The van der Waals surface area contributed by atoms with Gasteiger partial charge in [0, 0.05) is 53.2 Å². The van der Waals surface area contributed by atoms with Gasteiger partial charge >= 0.3 is 25.8 Å². The summed E-state index contributed by atoms with van der Waals surface area (Å²) < 4.78 is 0. The van der Waals surface area contributed by atoms with Gasteiger partial charge in [-0.2, -0.15) is 172 Å². The summed E-state index contributed by atoms with van der Waals surface area (Å²) in [5.41, 5.74) is 20.2. The second kappa shape index (κ2) is 54.8. The van der Waals surface area contributed by atoms with E-state index in [2.05, 4.69) is 196 Å². The fraction of sp³-hybridized carbons (Fsp3) is 0.280. The normalized spacial score (nSPS) is 12.5. The third kappa shape index (κ3) is 41.6. The smallest absolute Gasteiger partial charge is 0.656 e. The number of likely N-dealkylation sites (N-methyl/N-ethyl adjacent to an activating group) is 2. The van der Waals surface area contributed by atoms with Crippen LogP contribution in [0.15, 0.2) is 282 Å². The number of aliphatic imine (C=N–C) groups is 2. The summed E-state index contributed by atoms with van der Waals surface area (Å²) >= 11 is 0. The van der Waals surface area contributed by atoms with E-state index in [0.29, 0.717) is 23.7 Å². The van der Waals surface area contributed by atoms with Gasteiger partial charge in [0.25, 0.3) is 0 Å². The van der Waals surface area contributed by atoms with Gasteiger partial charge in [0.05, 0.1) is 24.5 Å². The summed E-state index contributed by atoms with van der Waals surface area (Å²) in [6.07, 6.45) is 11.4. The molecular formula is C93H122Hf2N6-4. The van der Waals surface area contributed by atoms with Crippen LogP contribution >= 0.6 is 0 Å². The van der Waals surface area contributed by atoms with E-state index in [1.807, 2.05) is 212 Å².